The lowest BCUT2D eigenvalue weighted by Crippen LogP contribution is -2.34. The number of nitrogens with zero attached hydrogens (tertiary/aromatic N) is 2. The highest BCUT2D eigenvalue weighted by atomic mass is 79.9. The van der Waals surface area contributed by atoms with Crippen LogP contribution in [-0.4, -0.2) is 22.6 Å². The fraction of sp³-hybridized carbons (Fsp3) is 0.412. The SMILES string of the molecule is CC(C)c1cc([C@@H]2CCCN2C(=O)Nc2ccccc2Br)no1. The van der Waals surface area contributed by atoms with Gasteiger partial charge >= 0.3 is 6.03 Å². The van der Waals surface area contributed by atoms with Gasteiger partial charge in [0.25, 0.3) is 0 Å². The number of amides is 2. The van der Waals surface area contributed by atoms with E-state index in [1.807, 2.05) is 35.2 Å². The number of likely N-dealkylation sites (tertiary alicyclic amines) is 1. The van der Waals surface area contributed by atoms with Crippen molar-refractivity contribution in [1.29, 1.82) is 0 Å². The smallest absolute Gasteiger partial charge is 0.322 e. The first-order valence-electron chi connectivity index (χ1n) is 7.85. The van der Waals surface area contributed by atoms with Crippen LogP contribution in [0.1, 0.15) is 50.1 Å². The lowest BCUT2D eigenvalue weighted by molar-refractivity contribution is 0.204. The van der Waals surface area contributed by atoms with Crippen LogP contribution in [0.4, 0.5) is 10.5 Å². The molecule has 0 unspecified atom stereocenters. The molecule has 2 aromatic rings. The van der Waals surface area contributed by atoms with Crippen LogP contribution in [0.5, 0.6) is 0 Å². The van der Waals surface area contributed by atoms with Gasteiger partial charge in [0.15, 0.2) is 0 Å². The Bertz CT molecular complexity index is 699. The molecule has 1 fully saturated rings. The molecule has 1 aromatic carbocycles. The van der Waals surface area contributed by atoms with Crippen LogP contribution in [-0.2, 0) is 0 Å². The monoisotopic (exact) mass is 377 g/mol. The number of halogens is 1. The second-order valence-electron chi connectivity index (χ2n) is 6.07. The highest BCUT2D eigenvalue weighted by Crippen LogP contribution is 2.33. The van der Waals surface area contributed by atoms with Crippen LogP contribution < -0.4 is 5.32 Å². The number of benzene rings is 1. The van der Waals surface area contributed by atoms with E-state index in [9.17, 15) is 4.79 Å². The van der Waals surface area contributed by atoms with Gasteiger partial charge in [0.2, 0.25) is 0 Å². The van der Waals surface area contributed by atoms with Crippen molar-refractivity contribution in [3.8, 4) is 0 Å². The summed E-state index contributed by atoms with van der Waals surface area (Å²) < 4.78 is 6.26. The number of para-hydroxylation sites is 1. The normalized spacial score (nSPS) is 17.7. The Morgan fingerprint density at radius 1 is 1.43 bits per heavy atom. The Kier molecular flexibility index (Phi) is 4.71. The molecule has 1 saturated heterocycles. The summed E-state index contributed by atoms with van der Waals surface area (Å²) in [5.74, 6) is 1.15. The first kappa shape index (κ1) is 16.1. The third-order valence-electron chi connectivity index (χ3n) is 4.09. The topological polar surface area (TPSA) is 58.4 Å². The molecule has 1 atom stereocenters. The number of hydrogen-bond acceptors (Lipinski definition) is 3. The van der Waals surface area contributed by atoms with E-state index < -0.39 is 0 Å². The standard InChI is InChI=1S/C17H20BrN3O2/c1-11(2)16-10-14(20-23-16)15-8-5-9-21(15)17(22)19-13-7-4-3-6-12(13)18/h3-4,6-7,10-11,15H,5,8-9H2,1-2H3,(H,19,22)/t15-/m0/s1. The van der Waals surface area contributed by atoms with Crippen molar-refractivity contribution < 1.29 is 9.32 Å². The fourth-order valence-corrected chi connectivity index (χ4v) is 3.18. The Morgan fingerprint density at radius 2 is 2.22 bits per heavy atom. The van der Waals surface area contributed by atoms with Crippen molar-refractivity contribution in [1.82, 2.24) is 10.1 Å². The highest BCUT2D eigenvalue weighted by Gasteiger charge is 2.32. The molecule has 1 N–H and O–H groups in total. The predicted octanol–water partition coefficient (Wildman–Crippen LogP) is 4.93. The molecule has 2 amide bonds. The Balaban J connectivity index is 1.75. The minimum absolute atomic E-state index is 0.0197. The number of rotatable bonds is 3. The second kappa shape index (κ2) is 6.74. The largest absolute Gasteiger partial charge is 0.361 e. The van der Waals surface area contributed by atoms with Gasteiger partial charge in [0.05, 0.1) is 11.7 Å². The van der Waals surface area contributed by atoms with Crippen LogP contribution in [0.25, 0.3) is 0 Å². The molecule has 0 spiro atoms. The average Bonchev–Trinajstić information content (AvgIpc) is 3.17. The molecule has 0 saturated carbocycles. The molecular formula is C17H20BrN3O2. The third kappa shape index (κ3) is 3.42. The lowest BCUT2D eigenvalue weighted by Gasteiger charge is -2.23. The minimum atomic E-state index is -0.103. The van der Waals surface area contributed by atoms with Crippen molar-refractivity contribution >= 4 is 27.6 Å². The van der Waals surface area contributed by atoms with Crippen LogP contribution in [0.15, 0.2) is 39.3 Å². The molecule has 0 radical (unpaired) electrons. The zero-order chi connectivity index (χ0) is 16.4. The summed E-state index contributed by atoms with van der Waals surface area (Å²) in [5.41, 5.74) is 1.61. The van der Waals surface area contributed by atoms with Crippen molar-refractivity contribution in [3.05, 3.63) is 46.3 Å². The van der Waals surface area contributed by atoms with E-state index in [-0.39, 0.29) is 12.1 Å². The molecule has 1 aromatic heterocycles. The van der Waals surface area contributed by atoms with Crippen molar-refractivity contribution in [3.63, 3.8) is 0 Å². The number of carbonyl (C=O) groups is 1. The molecule has 122 valence electrons. The molecule has 23 heavy (non-hydrogen) atoms. The second-order valence-corrected chi connectivity index (χ2v) is 6.92. The van der Waals surface area contributed by atoms with Gasteiger partial charge in [-0.25, -0.2) is 4.79 Å². The Hall–Kier alpha value is -1.82. The van der Waals surface area contributed by atoms with E-state index in [0.29, 0.717) is 5.92 Å². The molecule has 0 bridgehead atoms. The maximum absolute atomic E-state index is 12.6. The first-order chi connectivity index (χ1) is 11.1. The van der Waals surface area contributed by atoms with Crippen LogP contribution in [0.3, 0.4) is 0 Å². The third-order valence-corrected chi connectivity index (χ3v) is 4.78. The zero-order valence-corrected chi connectivity index (χ0v) is 14.8. The molecule has 1 aliphatic heterocycles. The number of nitrogens with one attached hydrogen (secondary N) is 1. The van der Waals surface area contributed by atoms with Crippen LogP contribution in [0.2, 0.25) is 0 Å². The van der Waals surface area contributed by atoms with E-state index in [1.54, 1.807) is 0 Å². The maximum atomic E-state index is 12.6. The summed E-state index contributed by atoms with van der Waals surface area (Å²) in [6.45, 7) is 4.86. The fourth-order valence-electron chi connectivity index (χ4n) is 2.80. The quantitative estimate of drug-likeness (QED) is 0.824. The molecule has 6 heteroatoms. The summed E-state index contributed by atoms with van der Waals surface area (Å²) >= 11 is 3.45. The number of carbonyl (C=O) groups excluding carboxylic acids is 1. The highest BCUT2D eigenvalue weighted by molar-refractivity contribution is 9.10. The number of anilines is 1. The maximum Gasteiger partial charge on any atom is 0.322 e. The summed E-state index contributed by atoms with van der Waals surface area (Å²) in [6.07, 6.45) is 1.88. The molecular weight excluding hydrogens is 358 g/mol. The molecule has 1 aliphatic rings. The van der Waals surface area contributed by atoms with Gasteiger partial charge in [0.1, 0.15) is 11.5 Å². The van der Waals surface area contributed by atoms with Gasteiger partial charge in [-0.05, 0) is 40.9 Å². The van der Waals surface area contributed by atoms with Gasteiger partial charge in [0, 0.05) is 23.0 Å². The van der Waals surface area contributed by atoms with Gasteiger partial charge in [-0.1, -0.05) is 31.1 Å². The van der Waals surface area contributed by atoms with Crippen LogP contribution >= 0.6 is 15.9 Å². The van der Waals surface area contributed by atoms with Gasteiger partial charge in [-0.3, -0.25) is 0 Å². The average molecular weight is 378 g/mol. The lowest BCUT2D eigenvalue weighted by atomic mass is 10.1. The van der Waals surface area contributed by atoms with E-state index in [2.05, 4.69) is 40.3 Å². The molecule has 2 heterocycles. The molecule has 5 nitrogen and oxygen atoms in total. The summed E-state index contributed by atoms with van der Waals surface area (Å²) in [5, 5.41) is 7.13. The number of urea groups is 1. The number of aromatic nitrogens is 1. The Morgan fingerprint density at radius 3 is 2.91 bits per heavy atom. The summed E-state index contributed by atoms with van der Waals surface area (Å²) in [6, 6.07) is 9.45. The predicted molar refractivity (Wildman–Crippen MR) is 92.4 cm³/mol. The van der Waals surface area contributed by atoms with E-state index >= 15 is 0 Å². The summed E-state index contributed by atoms with van der Waals surface area (Å²) in [7, 11) is 0. The number of hydrogen-bond donors (Lipinski definition) is 1. The van der Waals surface area contributed by atoms with Crippen molar-refractivity contribution in [2.24, 2.45) is 0 Å². The van der Waals surface area contributed by atoms with E-state index in [0.717, 1.165) is 41.0 Å². The zero-order valence-electron chi connectivity index (χ0n) is 13.3. The van der Waals surface area contributed by atoms with Gasteiger partial charge in [-0.15, -0.1) is 0 Å². The van der Waals surface area contributed by atoms with Gasteiger partial charge < -0.3 is 14.7 Å². The van der Waals surface area contributed by atoms with Crippen molar-refractivity contribution in [2.75, 3.05) is 11.9 Å². The minimum Gasteiger partial charge on any atom is -0.361 e. The Labute approximate surface area is 144 Å². The van der Waals surface area contributed by atoms with Crippen molar-refractivity contribution in [2.45, 2.75) is 38.6 Å². The van der Waals surface area contributed by atoms with Gasteiger partial charge in [-0.2, -0.15) is 0 Å². The van der Waals surface area contributed by atoms with Crippen LogP contribution in [0, 0.1) is 0 Å². The van der Waals surface area contributed by atoms with E-state index in [4.69, 9.17) is 4.52 Å². The molecule has 3 rings (SSSR count). The summed E-state index contributed by atoms with van der Waals surface area (Å²) in [4.78, 5) is 14.5. The molecule has 0 aliphatic carbocycles. The van der Waals surface area contributed by atoms with E-state index in [1.165, 1.54) is 0 Å². The first-order valence-corrected chi connectivity index (χ1v) is 8.64.